The maximum Gasteiger partial charge on any atom is 0.320 e. The van der Waals surface area contributed by atoms with Crippen LogP contribution in [0, 0.1) is 0 Å². The number of carboxylic acids is 1. The zero-order valence-electron chi connectivity index (χ0n) is 19.5. The van der Waals surface area contributed by atoms with Crippen LogP contribution in [0.5, 0.6) is 17.2 Å². The van der Waals surface area contributed by atoms with E-state index in [1.54, 1.807) is 20.4 Å². The van der Waals surface area contributed by atoms with Gasteiger partial charge in [-0.05, 0) is 54.8 Å². The normalized spacial score (nSPS) is 16.7. The Labute approximate surface area is 199 Å². The van der Waals surface area contributed by atoms with Gasteiger partial charge in [0, 0.05) is 24.4 Å². The van der Waals surface area contributed by atoms with Crippen LogP contribution < -0.4 is 14.2 Å². The van der Waals surface area contributed by atoms with Crippen molar-refractivity contribution in [1.29, 1.82) is 0 Å². The number of rotatable bonds is 10. The number of carbonyl (C=O) groups is 1. The van der Waals surface area contributed by atoms with Gasteiger partial charge in [0.05, 0.1) is 14.2 Å². The van der Waals surface area contributed by atoms with Crippen LogP contribution in [0.15, 0.2) is 66.9 Å². The predicted octanol–water partition coefficient (Wildman–Crippen LogP) is 4.51. The molecule has 2 aromatic carbocycles. The lowest BCUT2D eigenvalue weighted by atomic mass is 9.97. The van der Waals surface area contributed by atoms with Crippen molar-refractivity contribution >= 4 is 5.97 Å². The van der Waals surface area contributed by atoms with Crippen LogP contribution in [-0.4, -0.2) is 47.8 Å². The third-order valence-corrected chi connectivity index (χ3v) is 6.20. The summed E-state index contributed by atoms with van der Waals surface area (Å²) in [6, 6.07) is 18.8. The molecule has 0 aliphatic carbocycles. The number of benzene rings is 2. The highest BCUT2D eigenvalue weighted by atomic mass is 16.5. The van der Waals surface area contributed by atoms with E-state index in [0.717, 1.165) is 23.2 Å². The Balaban J connectivity index is 1.70. The van der Waals surface area contributed by atoms with Crippen molar-refractivity contribution in [3.8, 4) is 17.2 Å². The standard InChI is InChI=1S/C27H30N2O5/c1-32-24-15-20(16-25(33-2)26(24)34-18-19-9-4-3-5-10-19)23(17-21-11-6-7-13-28-21)29-14-8-12-22(29)27(30)31/h3-7,9-11,13,15-16,22-23H,8,12,14,17-18H2,1-2H3,(H,30,31). The minimum absolute atomic E-state index is 0.204. The van der Waals surface area contributed by atoms with Crippen LogP contribution in [0.2, 0.25) is 0 Å². The Hall–Kier alpha value is -3.58. The van der Waals surface area contributed by atoms with E-state index in [4.69, 9.17) is 14.2 Å². The molecule has 2 atom stereocenters. The van der Waals surface area contributed by atoms with Gasteiger partial charge in [-0.1, -0.05) is 36.4 Å². The third-order valence-electron chi connectivity index (χ3n) is 6.20. The second kappa shape index (κ2) is 11.0. The molecule has 3 aromatic rings. The Morgan fingerprint density at radius 3 is 2.41 bits per heavy atom. The molecule has 1 fully saturated rings. The Morgan fingerprint density at radius 1 is 1.09 bits per heavy atom. The molecule has 0 saturated carbocycles. The first-order chi connectivity index (χ1) is 16.6. The average molecular weight is 463 g/mol. The maximum atomic E-state index is 12.0. The van der Waals surface area contributed by atoms with Crippen molar-refractivity contribution in [3.63, 3.8) is 0 Å². The van der Waals surface area contributed by atoms with E-state index in [0.29, 0.717) is 43.2 Å². The fourth-order valence-corrected chi connectivity index (χ4v) is 4.54. The second-order valence-corrected chi connectivity index (χ2v) is 8.30. The topological polar surface area (TPSA) is 81.1 Å². The fourth-order valence-electron chi connectivity index (χ4n) is 4.54. The first-order valence-electron chi connectivity index (χ1n) is 11.4. The molecule has 0 radical (unpaired) electrons. The SMILES string of the molecule is COc1cc(C(Cc2ccccn2)N2CCCC2C(=O)O)cc(OC)c1OCc1ccccc1. The summed E-state index contributed by atoms with van der Waals surface area (Å²) in [6.07, 6.45) is 3.79. The van der Waals surface area contributed by atoms with Crippen LogP contribution in [-0.2, 0) is 17.8 Å². The van der Waals surface area contributed by atoms with Gasteiger partial charge in [-0.15, -0.1) is 0 Å². The number of ether oxygens (including phenoxy) is 3. The molecular weight excluding hydrogens is 432 g/mol. The zero-order chi connectivity index (χ0) is 23.9. The van der Waals surface area contributed by atoms with Gasteiger partial charge in [-0.25, -0.2) is 0 Å². The Kier molecular flexibility index (Phi) is 7.65. The number of methoxy groups -OCH3 is 2. The summed E-state index contributed by atoms with van der Waals surface area (Å²) in [5.41, 5.74) is 2.83. The molecule has 1 aliphatic rings. The summed E-state index contributed by atoms with van der Waals surface area (Å²) >= 11 is 0. The minimum Gasteiger partial charge on any atom is -0.493 e. The van der Waals surface area contributed by atoms with Crippen molar-refractivity contribution in [3.05, 3.63) is 83.7 Å². The van der Waals surface area contributed by atoms with E-state index < -0.39 is 12.0 Å². The number of nitrogens with zero attached hydrogens (tertiary/aromatic N) is 2. The minimum atomic E-state index is -0.801. The molecule has 178 valence electrons. The van der Waals surface area contributed by atoms with Crippen LogP contribution in [0.25, 0.3) is 0 Å². The first-order valence-corrected chi connectivity index (χ1v) is 11.4. The largest absolute Gasteiger partial charge is 0.493 e. The molecule has 7 heteroatoms. The third kappa shape index (κ3) is 5.31. The molecule has 0 amide bonds. The first kappa shape index (κ1) is 23.6. The summed E-state index contributed by atoms with van der Waals surface area (Å²) in [6.45, 7) is 1.07. The summed E-state index contributed by atoms with van der Waals surface area (Å²) in [4.78, 5) is 18.5. The number of carboxylic acid groups (broad SMARTS) is 1. The Morgan fingerprint density at radius 2 is 1.79 bits per heavy atom. The molecule has 0 bridgehead atoms. The molecule has 2 heterocycles. The zero-order valence-corrected chi connectivity index (χ0v) is 19.5. The van der Waals surface area contributed by atoms with Gasteiger partial charge < -0.3 is 19.3 Å². The van der Waals surface area contributed by atoms with Gasteiger partial charge >= 0.3 is 5.97 Å². The summed E-state index contributed by atoms with van der Waals surface area (Å²) in [5.74, 6) is 0.806. The Bertz CT molecular complexity index is 1070. The van der Waals surface area contributed by atoms with E-state index in [2.05, 4.69) is 9.88 Å². The highest BCUT2D eigenvalue weighted by Crippen LogP contribution is 2.43. The van der Waals surface area contributed by atoms with Gasteiger partial charge in [-0.3, -0.25) is 14.7 Å². The fraction of sp³-hybridized carbons (Fsp3) is 0.333. The number of pyridine rings is 1. The molecule has 1 saturated heterocycles. The van der Waals surface area contributed by atoms with Crippen LogP contribution in [0.1, 0.15) is 35.7 Å². The maximum absolute atomic E-state index is 12.0. The smallest absolute Gasteiger partial charge is 0.320 e. The van der Waals surface area contributed by atoms with Crippen molar-refractivity contribution in [2.24, 2.45) is 0 Å². The lowest BCUT2D eigenvalue weighted by Gasteiger charge is -2.32. The number of aliphatic carboxylic acids is 1. The molecule has 0 spiro atoms. The van der Waals surface area contributed by atoms with E-state index in [-0.39, 0.29) is 6.04 Å². The number of hydrogen-bond acceptors (Lipinski definition) is 6. The molecule has 1 N–H and O–H groups in total. The molecule has 1 aromatic heterocycles. The van der Waals surface area contributed by atoms with Crippen LogP contribution >= 0.6 is 0 Å². The second-order valence-electron chi connectivity index (χ2n) is 8.30. The van der Waals surface area contributed by atoms with Crippen molar-refractivity contribution in [2.75, 3.05) is 20.8 Å². The number of likely N-dealkylation sites (tertiary alicyclic amines) is 1. The van der Waals surface area contributed by atoms with Gasteiger partial charge in [0.25, 0.3) is 0 Å². The van der Waals surface area contributed by atoms with E-state index in [1.165, 1.54) is 0 Å². The quantitative estimate of drug-likeness (QED) is 0.475. The summed E-state index contributed by atoms with van der Waals surface area (Å²) in [7, 11) is 3.19. The molecule has 1 aliphatic heterocycles. The highest BCUT2D eigenvalue weighted by Gasteiger charge is 2.37. The summed E-state index contributed by atoms with van der Waals surface area (Å²) in [5, 5.41) is 9.84. The molecular formula is C27H30N2O5. The van der Waals surface area contributed by atoms with Gasteiger partial charge in [0.2, 0.25) is 5.75 Å². The van der Waals surface area contributed by atoms with Crippen LogP contribution in [0.3, 0.4) is 0 Å². The average Bonchev–Trinajstić information content (AvgIpc) is 3.37. The lowest BCUT2D eigenvalue weighted by molar-refractivity contribution is -0.143. The predicted molar refractivity (Wildman–Crippen MR) is 128 cm³/mol. The molecule has 34 heavy (non-hydrogen) atoms. The lowest BCUT2D eigenvalue weighted by Crippen LogP contribution is -2.39. The molecule has 7 nitrogen and oxygen atoms in total. The number of hydrogen-bond donors (Lipinski definition) is 1. The van der Waals surface area contributed by atoms with Crippen molar-refractivity contribution < 1.29 is 24.1 Å². The van der Waals surface area contributed by atoms with Crippen molar-refractivity contribution in [2.45, 2.75) is 38.0 Å². The van der Waals surface area contributed by atoms with Gasteiger partial charge in [0.1, 0.15) is 12.6 Å². The highest BCUT2D eigenvalue weighted by molar-refractivity contribution is 5.74. The van der Waals surface area contributed by atoms with Gasteiger partial charge in [0.15, 0.2) is 11.5 Å². The van der Waals surface area contributed by atoms with Gasteiger partial charge in [-0.2, -0.15) is 0 Å². The van der Waals surface area contributed by atoms with E-state index >= 15 is 0 Å². The molecule has 2 unspecified atom stereocenters. The number of aromatic nitrogens is 1. The summed E-state index contributed by atoms with van der Waals surface area (Å²) < 4.78 is 17.5. The molecule has 4 rings (SSSR count). The van der Waals surface area contributed by atoms with Crippen molar-refractivity contribution in [1.82, 2.24) is 9.88 Å². The monoisotopic (exact) mass is 462 g/mol. The van der Waals surface area contributed by atoms with E-state index in [9.17, 15) is 9.90 Å². The van der Waals surface area contributed by atoms with Crippen LogP contribution in [0.4, 0.5) is 0 Å². The van der Waals surface area contributed by atoms with E-state index in [1.807, 2.05) is 60.7 Å².